The minimum Gasteiger partial charge on any atom is -0.495 e. The summed E-state index contributed by atoms with van der Waals surface area (Å²) in [5, 5.41) is 14.5. The minimum absolute atomic E-state index is 0.0996. The maximum absolute atomic E-state index is 13.0. The number of nitrogens with zero attached hydrogens (tertiary/aromatic N) is 3. The zero-order chi connectivity index (χ0) is 21.7. The van der Waals surface area contributed by atoms with Crippen molar-refractivity contribution in [2.45, 2.75) is 6.92 Å². The minimum atomic E-state index is -0.684. The number of anilines is 3. The van der Waals surface area contributed by atoms with Crippen LogP contribution in [0.5, 0.6) is 5.75 Å². The Hall–Kier alpha value is -4.28. The van der Waals surface area contributed by atoms with Gasteiger partial charge in [-0.15, -0.1) is 0 Å². The number of aromatic nitrogens is 2. The van der Waals surface area contributed by atoms with Gasteiger partial charge in [0, 0.05) is 5.56 Å². The summed E-state index contributed by atoms with van der Waals surface area (Å²) in [6.45, 7) is 1.86. The lowest BCUT2D eigenvalue weighted by Gasteiger charge is -2.13. The van der Waals surface area contributed by atoms with Gasteiger partial charge in [0.1, 0.15) is 17.9 Å². The normalized spacial score (nSPS) is 10.2. The van der Waals surface area contributed by atoms with Gasteiger partial charge in [-0.1, -0.05) is 6.07 Å². The molecular formula is C19H17FN6O4. The molecule has 10 nitrogen and oxygen atoms in total. The third-order valence-corrected chi connectivity index (χ3v) is 4.01. The van der Waals surface area contributed by atoms with Crippen LogP contribution in [-0.4, -0.2) is 27.9 Å². The second-order valence-corrected chi connectivity index (χ2v) is 6.09. The van der Waals surface area contributed by atoms with Crippen molar-refractivity contribution in [3.63, 3.8) is 0 Å². The first-order valence-corrected chi connectivity index (χ1v) is 8.62. The van der Waals surface area contributed by atoms with Gasteiger partial charge in [-0.25, -0.2) is 14.4 Å². The molecule has 0 fully saturated rings. The number of hydrazine groups is 1. The Bertz CT molecular complexity index is 1090. The zero-order valence-corrected chi connectivity index (χ0v) is 16.0. The molecule has 0 spiro atoms. The fourth-order valence-corrected chi connectivity index (χ4v) is 2.57. The Morgan fingerprint density at radius 3 is 2.50 bits per heavy atom. The van der Waals surface area contributed by atoms with Crippen molar-refractivity contribution in [3.05, 3.63) is 75.9 Å². The summed E-state index contributed by atoms with van der Waals surface area (Å²) in [4.78, 5) is 30.9. The van der Waals surface area contributed by atoms with Crippen molar-refractivity contribution in [1.29, 1.82) is 0 Å². The number of amides is 1. The number of ether oxygens (including phenoxy) is 1. The number of benzene rings is 2. The van der Waals surface area contributed by atoms with Crippen LogP contribution < -0.4 is 20.9 Å². The maximum Gasteiger partial charge on any atom is 0.355 e. The number of hydrogen-bond donors (Lipinski definition) is 3. The SMILES string of the molecule is COc1ccc(C)cc1Nc1ncnc(NNC(=O)c2ccc(F)cc2)c1[N+](=O)[O-]. The molecule has 0 bridgehead atoms. The monoisotopic (exact) mass is 412 g/mol. The number of aryl methyl sites for hydroxylation is 1. The van der Waals surface area contributed by atoms with Crippen LogP contribution in [0.15, 0.2) is 48.8 Å². The molecule has 0 aliphatic carbocycles. The lowest BCUT2D eigenvalue weighted by Crippen LogP contribution is -2.30. The average molecular weight is 412 g/mol. The van der Waals surface area contributed by atoms with Gasteiger partial charge < -0.3 is 10.1 Å². The molecule has 0 radical (unpaired) electrons. The lowest BCUT2D eigenvalue weighted by atomic mass is 10.2. The van der Waals surface area contributed by atoms with E-state index in [4.69, 9.17) is 4.74 Å². The predicted molar refractivity (Wildman–Crippen MR) is 107 cm³/mol. The highest BCUT2D eigenvalue weighted by molar-refractivity contribution is 5.95. The van der Waals surface area contributed by atoms with Gasteiger partial charge in [0.2, 0.25) is 11.6 Å². The van der Waals surface area contributed by atoms with Gasteiger partial charge in [0.25, 0.3) is 5.91 Å². The summed E-state index contributed by atoms with van der Waals surface area (Å²) >= 11 is 0. The molecule has 0 unspecified atom stereocenters. The van der Waals surface area contributed by atoms with E-state index in [0.717, 1.165) is 24.0 Å². The quantitative estimate of drug-likeness (QED) is 0.398. The standard InChI is InChI=1S/C19H17FN6O4/c1-11-3-8-15(30-2)14(9-11)23-17-16(26(28)29)18(22-10-21-17)24-25-19(27)12-4-6-13(20)7-5-12/h3-10H,1-2H3,(H,25,27)(H2,21,22,23,24). The van der Waals surface area contributed by atoms with Crippen LogP contribution in [0.3, 0.4) is 0 Å². The number of nitro groups is 1. The molecule has 0 aliphatic heterocycles. The fourth-order valence-electron chi connectivity index (χ4n) is 2.57. The van der Waals surface area contributed by atoms with E-state index in [-0.39, 0.29) is 17.2 Å². The van der Waals surface area contributed by atoms with Gasteiger partial charge in [0.15, 0.2) is 0 Å². The molecule has 3 N–H and O–H groups in total. The zero-order valence-electron chi connectivity index (χ0n) is 16.0. The van der Waals surface area contributed by atoms with Crippen molar-refractivity contribution in [2.75, 3.05) is 17.9 Å². The molecule has 0 saturated heterocycles. The van der Waals surface area contributed by atoms with Gasteiger partial charge in [-0.05, 0) is 48.9 Å². The first-order valence-electron chi connectivity index (χ1n) is 8.62. The van der Waals surface area contributed by atoms with Crippen LogP contribution in [-0.2, 0) is 0 Å². The van der Waals surface area contributed by atoms with E-state index in [1.54, 1.807) is 12.1 Å². The van der Waals surface area contributed by atoms with Crippen LogP contribution in [0.25, 0.3) is 0 Å². The fraction of sp³-hybridized carbons (Fsp3) is 0.105. The van der Waals surface area contributed by atoms with Crippen LogP contribution in [0, 0.1) is 22.9 Å². The third-order valence-electron chi connectivity index (χ3n) is 4.01. The van der Waals surface area contributed by atoms with Crippen molar-refractivity contribution in [1.82, 2.24) is 15.4 Å². The Morgan fingerprint density at radius 2 is 1.83 bits per heavy atom. The second kappa shape index (κ2) is 8.82. The summed E-state index contributed by atoms with van der Waals surface area (Å²) in [5.41, 5.74) is 5.76. The van der Waals surface area contributed by atoms with Gasteiger partial charge in [0.05, 0.1) is 17.7 Å². The van der Waals surface area contributed by atoms with E-state index in [1.165, 1.54) is 19.2 Å². The van der Waals surface area contributed by atoms with Gasteiger partial charge in [-0.3, -0.25) is 25.8 Å². The van der Waals surface area contributed by atoms with Crippen LogP contribution in [0.2, 0.25) is 0 Å². The number of nitrogens with one attached hydrogen (secondary N) is 3. The Kier molecular flexibility index (Phi) is 6.01. The summed E-state index contributed by atoms with van der Waals surface area (Å²) in [6, 6.07) is 10.1. The molecule has 2 aromatic carbocycles. The highest BCUT2D eigenvalue weighted by Gasteiger charge is 2.24. The van der Waals surface area contributed by atoms with E-state index in [1.807, 2.05) is 13.0 Å². The highest BCUT2D eigenvalue weighted by atomic mass is 19.1. The summed E-state index contributed by atoms with van der Waals surface area (Å²) in [5.74, 6) is -0.990. The first-order chi connectivity index (χ1) is 14.4. The molecule has 3 aromatic rings. The van der Waals surface area contributed by atoms with E-state index in [9.17, 15) is 19.3 Å². The molecule has 30 heavy (non-hydrogen) atoms. The van der Waals surface area contributed by atoms with E-state index < -0.39 is 22.3 Å². The third kappa shape index (κ3) is 4.58. The largest absolute Gasteiger partial charge is 0.495 e. The molecular weight excluding hydrogens is 395 g/mol. The van der Waals surface area contributed by atoms with Crippen molar-refractivity contribution < 1.29 is 18.8 Å². The lowest BCUT2D eigenvalue weighted by molar-refractivity contribution is -0.383. The number of hydrogen-bond acceptors (Lipinski definition) is 8. The maximum atomic E-state index is 13.0. The predicted octanol–water partition coefficient (Wildman–Crippen LogP) is 3.34. The van der Waals surface area contributed by atoms with Crippen molar-refractivity contribution in [2.24, 2.45) is 0 Å². The van der Waals surface area contributed by atoms with Crippen molar-refractivity contribution in [3.8, 4) is 5.75 Å². The molecule has 3 rings (SSSR count). The Labute approximate surface area is 170 Å². The Morgan fingerprint density at radius 1 is 1.13 bits per heavy atom. The second-order valence-electron chi connectivity index (χ2n) is 6.09. The number of carbonyl (C=O) groups excluding carboxylic acids is 1. The molecule has 154 valence electrons. The van der Waals surface area contributed by atoms with Crippen LogP contribution >= 0.6 is 0 Å². The first kappa shape index (κ1) is 20.5. The smallest absolute Gasteiger partial charge is 0.355 e. The number of halogens is 1. The summed E-state index contributed by atoms with van der Waals surface area (Å²) in [6.07, 6.45) is 1.10. The van der Waals surface area contributed by atoms with E-state index >= 15 is 0 Å². The molecule has 0 saturated carbocycles. The highest BCUT2D eigenvalue weighted by Crippen LogP contribution is 2.34. The van der Waals surface area contributed by atoms with Crippen molar-refractivity contribution >= 4 is 28.9 Å². The van der Waals surface area contributed by atoms with Gasteiger partial charge in [-0.2, -0.15) is 0 Å². The average Bonchev–Trinajstić information content (AvgIpc) is 2.72. The number of methoxy groups -OCH3 is 1. The molecule has 1 amide bonds. The molecule has 1 aromatic heterocycles. The number of carbonyl (C=O) groups is 1. The van der Waals surface area contributed by atoms with E-state index in [0.29, 0.717) is 11.4 Å². The van der Waals surface area contributed by atoms with Crippen LogP contribution in [0.1, 0.15) is 15.9 Å². The molecule has 1 heterocycles. The van der Waals surface area contributed by atoms with Gasteiger partial charge >= 0.3 is 5.69 Å². The topological polar surface area (TPSA) is 131 Å². The van der Waals surface area contributed by atoms with Crippen LogP contribution in [0.4, 0.5) is 27.4 Å². The Balaban J connectivity index is 1.86. The molecule has 0 atom stereocenters. The van der Waals surface area contributed by atoms with E-state index in [2.05, 4.69) is 26.1 Å². The molecule has 0 aliphatic rings. The number of rotatable bonds is 7. The molecule has 11 heteroatoms. The summed E-state index contributed by atoms with van der Waals surface area (Å²) in [7, 11) is 1.47. The summed E-state index contributed by atoms with van der Waals surface area (Å²) < 4.78 is 18.3.